The smallest absolute Gasteiger partial charge is 0.122 e. The maximum absolute atomic E-state index is 9.93. The fourth-order valence-corrected chi connectivity index (χ4v) is 1.90. The molecule has 2 aromatic rings. The molecule has 16 heavy (non-hydrogen) atoms. The minimum atomic E-state index is 0.420. The first-order valence-electron chi connectivity index (χ1n) is 5.50. The van der Waals surface area contributed by atoms with Gasteiger partial charge in [-0.1, -0.05) is 48.0 Å². The first-order chi connectivity index (χ1) is 7.66. The van der Waals surface area contributed by atoms with Gasteiger partial charge in [0.2, 0.25) is 0 Å². The highest BCUT2D eigenvalue weighted by molar-refractivity contribution is 5.42. The van der Waals surface area contributed by atoms with Crippen molar-refractivity contribution in [3.05, 3.63) is 64.7 Å². The zero-order valence-electron chi connectivity index (χ0n) is 9.70. The fourth-order valence-electron chi connectivity index (χ4n) is 1.90. The molecular weight excluding hydrogens is 196 g/mol. The second kappa shape index (κ2) is 4.40. The number of phenols is 1. The van der Waals surface area contributed by atoms with Crippen LogP contribution in [0.3, 0.4) is 0 Å². The van der Waals surface area contributed by atoms with Crippen molar-refractivity contribution in [2.75, 3.05) is 0 Å². The quantitative estimate of drug-likeness (QED) is 0.806. The number of phenolic OH excluding ortho intramolecular Hbond substituents is 1. The molecule has 0 spiro atoms. The van der Waals surface area contributed by atoms with Crippen molar-refractivity contribution in [1.82, 2.24) is 0 Å². The van der Waals surface area contributed by atoms with Gasteiger partial charge < -0.3 is 5.11 Å². The lowest BCUT2D eigenvalue weighted by Crippen LogP contribution is -1.90. The van der Waals surface area contributed by atoms with Crippen LogP contribution in [0, 0.1) is 13.8 Å². The van der Waals surface area contributed by atoms with E-state index in [9.17, 15) is 5.11 Å². The van der Waals surface area contributed by atoms with Gasteiger partial charge in [0.05, 0.1) is 0 Å². The summed E-state index contributed by atoms with van der Waals surface area (Å²) in [7, 11) is 0. The second-order valence-electron chi connectivity index (χ2n) is 4.25. The summed E-state index contributed by atoms with van der Waals surface area (Å²) < 4.78 is 0. The monoisotopic (exact) mass is 212 g/mol. The molecule has 2 aromatic carbocycles. The molecule has 0 aromatic heterocycles. The van der Waals surface area contributed by atoms with Crippen molar-refractivity contribution >= 4 is 0 Å². The Kier molecular flexibility index (Phi) is 2.95. The van der Waals surface area contributed by atoms with Crippen LogP contribution in [-0.4, -0.2) is 5.11 Å². The summed E-state index contributed by atoms with van der Waals surface area (Å²) in [6.07, 6.45) is 0.787. The van der Waals surface area contributed by atoms with Gasteiger partial charge in [-0.2, -0.15) is 0 Å². The van der Waals surface area contributed by atoms with E-state index in [1.807, 2.05) is 25.1 Å². The molecule has 2 rings (SSSR count). The Balaban J connectivity index is 2.31. The zero-order valence-corrected chi connectivity index (χ0v) is 9.70. The van der Waals surface area contributed by atoms with Crippen LogP contribution in [0.25, 0.3) is 0 Å². The van der Waals surface area contributed by atoms with Gasteiger partial charge in [0.25, 0.3) is 0 Å². The molecule has 0 saturated heterocycles. The van der Waals surface area contributed by atoms with Gasteiger partial charge in [0.1, 0.15) is 5.75 Å². The van der Waals surface area contributed by atoms with Crippen molar-refractivity contribution < 1.29 is 5.11 Å². The van der Waals surface area contributed by atoms with E-state index >= 15 is 0 Å². The van der Waals surface area contributed by atoms with E-state index in [-0.39, 0.29) is 0 Å². The third-order valence-electron chi connectivity index (χ3n) is 2.80. The van der Waals surface area contributed by atoms with Crippen LogP contribution in [0.1, 0.15) is 22.3 Å². The molecule has 0 saturated carbocycles. The van der Waals surface area contributed by atoms with Crippen LogP contribution in [-0.2, 0) is 6.42 Å². The lowest BCUT2D eigenvalue weighted by atomic mass is 10.0. The van der Waals surface area contributed by atoms with Crippen molar-refractivity contribution in [3.8, 4) is 5.75 Å². The molecule has 0 fully saturated rings. The summed E-state index contributed by atoms with van der Waals surface area (Å²) in [5, 5.41) is 9.93. The standard InChI is InChI=1S/C15H16O/c1-11-5-3-7-13(9-11)10-14-8-4-6-12(2)15(14)16/h3-9,16H,10H2,1-2H3. The van der Waals surface area contributed by atoms with Gasteiger partial charge in [0.15, 0.2) is 0 Å². The molecule has 0 unspecified atom stereocenters. The van der Waals surface area contributed by atoms with Gasteiger partial charge in [-0.3, -0.25) is 0 Å². The van der Waals surface area contributed by atoms with Crippen LogP contribution in [0.4, 0.5) is 0 Å². The molecule has 1 heteroatoms. The summed E-state index contributed by atoms with van der Waals surface area (Å²) in [5.74, 6) is 0.420. The molecule has 0 aliphatic carbocycles. The number of aromatic hydroxyl groups is 1. The van der Waals surface area contributed by atoms with E-state index in [0.29, 0.717) is 5.75 Å². The van der Waals surface area contributed by atoms with E-state index in [1.54, 1.807) is 0 Å². The molecule has 0 bridgehead atoms. The van der Waals surface area contributed by atoms with Gasteiger partial charge in [-0.05, 0) is 30.5 Å². The predicted molar refractivity (Wildman–Crippen MR) is 66.8 cm³/mol. The highest BCUT2D eigenvalue weighted by Gasteiger charge is 2.04. The number of hydrogen-bond donors (Lipinski definition) is 1. The van der Waals surface area contributed by atoms with Crippen LogP contribution >= 0.6 is 0 Å². The molecular formula is C15H16O. The van der Waals surface area contributed by atoms with Crippen molar-refractivity contribution in [2.24, 2.45) is 0 Å². The number of para-hydroxylation sites is 1. The van der Waals surface area contributed by atoms with Gasteiger partial charge >= 0.3 is 0 Å². The van der Waals surface area contributed by atoms with Crippen LogP contribution < -0.4 is 0 Å². The first-order valence-corrected chi connectivity index (χ1v) is 5.50. The average Bonchev–Trinajstić information content (AvgIpc) is 2.25. The van der Waals surface area contributed by atoms with Gasteiger partial charge in [-0.15, -0.1) is 0 Å². The van der Waals surface area contributed by atoms with Crippen LogP contribution in [0.5, 0.6) is 5.75 Å². The summed E-state index contributed by atoms with van der Waals surface area (Å²) in [6, 6.07) is 14.3. The minimum Gasteiger partial charge on any atom is -0.507 e. The third-order valence-corrected chi connectivity index (χ3v) is 2.80. The van der Waals surface area contributed by atoms with Crippen LogP contribution in [0.2, 0.25) is 0 Å². The number of hydrogen-bond acceptors (Lipinski definition) is 1. The summed E-state index contributed by atoms with van der Waals surface area (Å²) >= 11 is 0. The molecule has 0 aliphatic heterocycles. The van der Waals surface area contributed by atoms with Crippen LogP contribution in [0.15, 0.2) is 42.5 Å². The minimum absolute atomic E-state index is 0.420. The first kappa shape index (κ1) is 10.7. The molecule has 82 valence electrons. The topological polar surface area (TPSA) is 20.2 Å². The molecule has 0 radical (unpaired) electrons. The SMILES string of the molecule is Cc1cccc(Cc2cccc(C)c2O)c1. The number of aryl methyl sites for hydroxylation is 2. The fraction of sp³-hybridized carbons (Fsp3) is 0.200. The van der Waals surface area contributed by atoms with E-state index < -0.39 is 0 Å². The zero-order chi connectivity index (χ0) is 11.5. The molecule has 0 heterocycles. The van der Waals surface area contributed by atoms with E-state index in [2.05, 4.69) is 31.2 Å². The maximum atomic E-state index is 9.93. The molecule has 0 aliphatic rings. The van der Waals surface area contributed by atoms with E-state index in [4.69, 9.17) is 0 Å². The largest absolute Gasteiger partial charge is 0.507 e. The second-order valence-corrected chi connectivity index (χ2v) is 4.25. The highest BCUT2D eigenvalue weighted by Crippen LogP contribution is 2.24. The molecule has 1 nitrogen and oxygen atoms in total. The van der Waals surface area contributed by atoms with E-state index in [0.717, 1.165) is 17.5 Å². The van der Waals surface area contributed by atoms with Crippen molar-refractivity contribution in [3.63, 3.8) is 0 Å². The maximum Gasteiger partial charge on any atom is 0.122 e. The summed E-state index contributed by atoms with van der Waals surface area (Å²) in [5.41, 5.74) is 4.42. The van der Waals surface area contributed by atoms with Gasteiger partial charge in [0, 0.05) is 6.42 Å². The van der Waals surface area contributed by atoms with E-state index in [1.165, 1.54) is 11.1 Å². The number of rotatable bonds is 2. The summed E-state index contributed by atoms with van der Waals surface area (Å²) in [4.78, 5) is 0. The van der Waals surface area contributed by atoms with Crippen molar-refractivity contribution in [2.45, 2.75) is 20.3 Å². The molecule has 1 N–H and O–H groups in total. The molecule has 0 amide bonds. The normalized spacial score (nSPS) is 10.4. The Hall–Kier alpha value is -1.76. The third kappa shape index (κ3) is 2.25. The lowest BCUT2D eigenvalue weighted by molar-refractivity contribution is 0.465. The Morgan fingerprint density at radius 3 is 2.50 bits per heavy atom. The Morgan fingerprint density at radius 2 is 1.75 bits per heavy atom. The predicted octanol–water partition coefficient (Wildman–Crippen LogP) is 3.60. The Morgan fingerprint density at radius 1 is 1.00 bits per heavy atom. The summed E-state index contributed by atoms with van der Waals surface area (Å²) in [6.45, 7) is 4.01. The average molecular weight is 212 g/mol. The highest BCUT2D eigenvalue weighted by atomic mass is 16.3. The Bertz CT molecular complexity index is 501. The lowest BCUT2D eigenvalue weighted by Gasteiger charge is -2.07. The molecule has 0 atom stereocenters. The Labute approximate surface area is 96.4 Å². The van der Waals surface area contributed by atoms with Crippen molar-refractivity contribution in [1.29, 1.82) is 0 Å². The van der Waals surface area contributed by atoms with Gasteiger partial charge in [-0.25, -0.2) is 0 Å². The number of benzene rings is 2.